The first-order valence-corrected chi connectivity index (χ1v) is 10.5. The number of nitrogens with zero attached hydrogens (tertiary/aromatic N) is 3. The van der Waals surface area contributed by atoms with Crippen molar-refractivity contribution < 1.29 is 4.76 Å². The molecule has 29 heavy (non-hydrogen) atoms. The van der Waals surface area contributed by atoms with Crippen LogP contribution < -0.4 is 4.90 Å². The van der Waals surface area contributed by atoms with Crippen LogP contribution in [0.25, 0.3) is 0 Å². The second-order valence-corrected chi connectivity index (χ2v) is 7.97. The van der Waals surface area contributed by atoms with E-state index in [4.69, 9.17) is 0 Å². The van der Waals surface area contributed by atoms with Crippen molar-refractivity contribution in [1.82, 2.24) is 4.90 Å². The van der Waals surface area contributed by atoms with E-state index in [9.17, 15) is 4.91 Å². The van der Waals surface area contributed by atoms with E-state index >= 15 is 0 Å². The van der Waals surface area contributed by atoms with Gasteiger partial charge in [-0.25, -0.2) is 0 Å². The van der Waals surface area contributed by atoms with E-state index in [1.54, 1.807) is 0 Å². The van der Waals surface area contributed by atoms with Gasteiger partial charge in [-0.05, 0) is 30.0 Å². The minimum atomic E-state index is 0.278. The number of hydrogen-bond donors (Lipinski definition) is 0. The second-order valence-electron chi connectivity index (χ2n) is 7.97. The van der Waals surface area contributed by atoms with Crippen molar-refractivity contribution >= 4 is 11.4 Å². The number of rotatable bonds is 4. The molecule has 3 aromatic rings. The van der Waals surface area contributed by atoms with E-state index in [1.807, 2.05) is 18.2 Å². The second kappa shape index (κ2) is 7.80. The summed E-state index contributed by atoms with van der Waals surface area (Å²) in [7, 11) is 0. The standard InChI is InChI=1S/C25H26N3O/c29-28-19-27(23-13-7-8-14-24(23)28)22-15-17-26(18-16-22)25(20-9-3-1-4-10-20)21-11-5-2-6-12-21/h1-14,22,25H,15-19H2/q+1. The van der Waals surface area contributed by atoms with Gasteiger partial charge in [0, 0.05) is 30.1 Å². The molecule has 0 radical (unpaired) electrons. The highest BCUT2D eigenvalue weighted by atomic mass is 16.3. The summed E-state index contributed by atoms with van der Waals surface area (Å²) in [6.07, 6.45) is 2.14. The zero-order valence-electron chi connectivity index (χ0n) is 16.5. The molecule has 0 saturated carbocycles. The number of hydrogen-bond acceptors (Lipinski definition) is 3. The monoisotopic (exact) mass is 384 g/mol. The lowest BCUT2D eigenvalue weighted by atomic mass is 9.93. The lowest BCUT2D eigenvalue weighted by molar-refractivity contribution is -0.452. The van der Waals surface area contributed by atoms with Crippen molar-refractivity contribution in [2.45, 2.75) is 24.9 Å². The average Bonchev–Trinajstić information content (AvgIpc) is 3.13. The van der Waals surface area contributed by atoms with E-state index in [0.717, 1.165) is 42.1 Å². The van der Waals surface area contributed by atoms with Gasteiger partial charge in [0.1, 0.15) is 5.69 Å². The van der Waals surface area contributed by atoms with Crippen molar-refractivity contribution in [3.8, 4) is 0 Å². The van der Waals surface area contributed by atoms with Crippen molar-refractivity contribution in [3.05, 3.63) is 101 Å². The topological polar surface area (TPSA) is 26.6 Å². The normalized spacial score (nSPS) is 17.7. The molecule has 1 fully saturated rings. The highest BCUT2D eigenvalue weighted by molar-refractivity contribution is 5.65. The van der Waals surface area contributed by atoms with E-state index in [-0.39, 0.29) is 6.04 Å². The van der Waals surface area contributed by atoms with Gasteiger partial charge in [-0.2, -0.15) is 0 Å². The fraction of sp³-hybridized carbons (Fsp3) is 0.280. The Morgan fingerprint density at radius 1 is 0.759 bits per heavy atom. The molecular weight excluding hydrogens is 358 g/mol. The summed E-state index contributed by atoms with van der Waals surface area (Å²) < 4.78 is 1.12. The maximum Gasteiger partial charge on any atom is 0.281 e. The lowest BCUT2D eigenvalue weighted by Crippen LogP contribution is -2.46. The Balaban J connectivity index is 1.36. The molecule has 3 aromatic carbocycles. The van der Waals surface area contributed by atoms with E-state index in [2.05, 4.69) is 76.5 Å². The van der Waals surface area contributed by atoms with Gasteiger partial charge in [0.25, 0.3) is 12.4 Å². The third-order valence-corrected chi connectivity index (χ3v) is 6.28. The quantitative estimate of drug-likeness (QED) is 0.584. The van der Waals surface area contributed by atoms with Crippen LogP contribution in [0.5, 0.6) is 0 Å². The van der Waals surface area contributed by atoms with Gasteiger partial charge in [0.15, 0.2) is 0 Å². The summed E-state index contributed by atoms with van der Waals surface area (Å²) in [5.41, 5.74) is 4.58. The Morgan fingerprint density at radius 3 is 1.93 bits per heavy atom. The summed E-state index contributed by atoms with van der Waals surface area (Å²) in [5, 5.41) is 0. The molecule has 0 bridgehead atoms. The summed E-state index contributed by atoms with van der Waals surface area (Å²) in [5.74, 6) is 0. The molecule has 0 N–H and O–H groups in total. The molecule has 4 nitrogen and oxygen atoms in total. The highest BCUT2D eigenvalue weighted by Gasteiger charge is 2.39. The number of nitroso groups, excluding NO2 is 1. The lowest BCUT2D eigenvalue weighted by Gasteiger charge is -2.40. The molecule has 0 spiro atoms. The van der Waals surface area contributed by atoms with Crippen LogP contribution in [0, 0.1) is 4.91 Å². The Labute approximate surface area is 172 Å². The van der Waals surface area contributed by atoms with Crippen molar-refractivity contribution in [2.75, 3.05) is 24.7 Å². The van der Waals surface area contributed by atoms with Crippen LogP contribution in [0.2, 0.25) is 0 Å². The van der Waals surface area contributed by atoms with Crippen molar-refractivity contribution in [3.63, 3.8) is 0 Å². The molecule has 5 rings (SSSR count). The molecule has 2 heterocycles. The zero-order chi connectivity index (χ0) is 19.6. The van der Waals surface area contributed by atoms with Gasteiger partial charge in [-0.1, -0.05) is 72.8 Å². The predicted molar refractivity (Wildman–Crippen MR) is 116 cm³/mol. The summed E-state index contributed by atoms with van der Waals surface area (Å²) >= 11 is 0. The number of anilines is 1. The SMILES string of the molecule is O=[N+]1CN(C2CCN(C(c3ccccc3)c3ccccc3)CC2)c2ccccc21. The van der Waals surface area contributed by atoms with Crippen molar-refractivity contribution in [2.24, 2.45) is 0 Å². The molecule has 0 unspecified atom stereocenters. The summed E-state index contributed by atoms with van der Waals surface area (Å²) in [4.78, 5) is 17.2. The largest absolute Gasteiger partial charge is 0.304 e. The number of piperidine rings is 1. The smallest absolute Gasteiger partial charge is 0.281 e. The van der Waals surface area contributed by atoms with E-state index < -0.39 is 0 Å². The minimum Gasteiger partial charge on any atom is -0.304 e. The molecule has 2 aliphatic heterocycles. The van der Waals surface area contributed by atoms with Crippen LogP contribution in [0.1, 0.15) is 30.0 Å². The molecule has 146 valence electrons. The molecule has 1 saturated heterocycles. The van der Waals surface area contributed by atoms with Crippen LogP contribution in [-0.4, -0.2) is 35.5 Å². The first-order valence-electron chi connectivity index (χ1n) is 10.5. The zero-order valence-corrected chi connectivity index (χ0v) is 16.5. The van der Waals surface area contributed by atoms with Crippen LogP contribution >= 0.6 is 0 Å². The Kier molecular flexibility index (Phi) is 4.86. The third-order valence-electron chi connectivity index (χ3n) is 6.28. The molecule has 4 heteroatoms. The average molecular weight is 385 g/mol. The van der Waals surface area contributed by atoms with Gasteiger partial charge >= 0.3 is 0 Å². The third kappa shape index (κ3) is 3.45. The minimum absolute atomic E-state index is 0.278. The molecule has 0 aromatic heterocycles. The van der Waals surface area contributed by atoms with Gasteiger partial charge in [-0.3, -0.25) is 4.90 Å². The first-order chi connectivity index (χ1) is 14.3. The van der Waals surface area contributed by atoms with Gasteiger partial charge < -0.3 is 4.90 Å². The highest BCUT2D eigenvalue weighted by Crippen LogP contribution is 2.38. The van der Waals surface area contributed by atoms with Gasteiger partial charge in [0.2, 0.25) is 0 Å². The molecule has 0 amide bonds. The van der Waals surface area contributed by atoms with E-state index in [0.29, 0.717) is 12.7 Å². The fourth-order valence-corrected chi connectivity index (χ4v) is 4.86. The summed E-state index contributed by atoms with van der Waals surface area (Å²) in [6.45, 7) is 2.50. The number of benzene rings is 3. The molecule has 0 aliphatic carbocycles. The van der Waals surface area contributed by atoms with Crippen LogP contribution in [0.3, 0.4) is 0 Å². The van der Waals surface area contributed by atoms with Gasteiger partial charge in [-0.15, -0.1) is 0 Å². The van der Waals surface area contributed by atoms with Crippen LogP contribution in [0.15, 0.2) is 84.9 Å². The number of para-hydroxylation sites is 2. The van der Waals surface area contributed by atoms with Crippen molar-refractivity contribution in [1.29, 1.82) is 0 Å². The molecular formula is C25H26N3O+. The summed E-state index contributed by atoms with van der Waals surface area (Å²) in [6, 6.07) is 30.3. The molecule has 0 atom stereocenters. The maximum absolute atomic E-state index is 12.3. The first kappa shape index (κ1) is 18.1. The van der Waals surface area contributed by atoms with Crippen LogP contribution in [-0.2, 0) is 0 Å². The molecule has 2 aliphatic rings. The Morgan fingerprint density at radius 2 is 1.31 bits per heavy atom. The Hall–Kier alpha value is -2.98. The van der Waals surface area contributed by atoms with E-state index in [1.165, 1.54) is 11.1 Å². The Bertz CT molecular complexity index is 942. The maximum atomic E-state index is 12.3. The predicted octanol–water partition coefficient (Wildman–Crippen LogP) is 5.13. The van der Waals surface area contributed by atoms with Crippen LogP contribution in [0.4, 0.5) is 11.4 Å². The number of fused-ring (bicyclic) bond motifs is 1. The fourth-order valence-electron chi connectivity index (χ4n) is 4.86. The van der Waals surface area contributed by atoms with Gasteiger partial charge in [0.05, 0.1) is 10.8 Å². The number of likely N-dealkylation sites (tertiary alicyclic amines) is 1.